The molecule has 3 atom stereocenters. The Morgan fingerprint density at radius 2 is 1.39 bits per heavy atom. The van der Waals surface area contributed by atoms with Crippen LogP contribution in [0.3, 0.4) is 0 Å². The van der Waals surface area contributed by atoms with Crippen LogP contribution in [0.4, 0.5) is 0 Å². The predicted octanol–water partition coefficient (Wildman–Crippen LogP) is 5.71. The first-order valence-corrected chi connectivity index (χ1v) is 22.8. The van der Waals surface area contributed by atoms with Crippen LogP contribution in [0.5, 0.6) is 17.2 Å². The summed E-state index contributed by atoms with van der Waals surface area (Å²) in [6.45, 7) is 19.7. The lowest BCUT2D eigenvalue weighted by Gasteiger charge is -2.40. The van der Waals surface area contributed by atoms with E-state index in [2.05, 4.69) is 41.5 Å². The molecule has 61 heavy (non-hydrogen) atoms. The van der Waals surface area contributed by atoms with E-state index in [4.69, 9.17) is 23.7 Å². The van der Waals surface area contributed by atoms with Gasteiger partial charge in [-0.3, -0.25) is 19.2 Å². The first-order valence-electron chi connectivity index (χ1n) is 21.0. The maximum absolute atomic E-state index is 15.0. The normalized spacial score (nSPS) is 19.4. The highest BCUT2D eigenvalue weighted by atomic mass is 28.2. The van der Waals surface area contributed by atoms with Gasteiger partial charge in [-0.25, -0.2) is 0 Å². The highest BCUT2D eigenvalue weighted by Crippen LogP contribution is 2.45. The molecule has 0 fully saturated rings. The molecule has 12 nitrogen and oxygen atoms in total. The van der Waals surface area contributed by atoms with Gasteiger partial charge in [-0.1, -0.05) is 65.8 Å². The molecule has 0 aromatic heterocycles. The van der Waals surface area contributed by atoms with E-state index < -0.39 is 53.6 Å². The molecule has 2 unspecified atom stereocenters. The van der Waals surface area contributed by atoms with E-state index in [-0.39, 0.29) is 29.8 Å². The lowest BCUT2D eigenvalue weighted by atomic mass is 9.80. The van der Waals surface area contributed by atoms with Crippen LogP contribution in [-0.4, -0.2) is 109 Å². The lowest BCUT2D eigenvalue weighted by molar-refractivity contribution is -0.167. The van der Waals surface area contributed by atoms with Gasteiger partial charge in [0.25, 0.3) is 0 Å². The fraction of sp³-hybridized carbons (Fsp3) is 0.532. The number of hydrogen-bond donors (Lipinski definition) is 1. The number of hydrogen-bond acceptors (Lipinski definition) is 11. The molecule has 0 radical (unpaired) electrons. The summed E-state index contributed by atoms with van der Waals surface area (Å²) < 4.78 is 34.7. The van der Waals surface area contributed by atoms with Gasteiger partial charge in [-0.05, 0) is 111 Å². The summed E-state index contributed by atoms with van der Waals surface area (Å²) >= 11 is 0. The summed E-state index contributed by atoms with van der Waals surface area (Å²) in [6, 6.07) is 15.2. The second-order valence-corrected chi connectivity index (χ2v) is 22.9. The third-order valence-electron chi connectivity index (χ3n) is 12.1. The van der Waals surface area contributed by atoms with Crippen molar-refractivity contribution < 1.29 is 48.0 Å². The molecule has 0 saturated heterocycles. The molecular formula is C47H66N2O10Si2. The summed E-state index contributed by atoms with van der Waals surface area (Å²) in [5.74, 6) is -0.853. The van der Waals surface area contributed by atoms with Crippen LogP contribution in [0.2, 0.25) is 0 Å². The summed E-state index contributed by atoms with van der Waals surface area (Å²) in [5, 5.41) is 9.26. The largest absolute Gasteiger partial charge is 0.492 e. The molecule has 0 saturated carbocycles. The van der Waals surface area contributed by atoms with Gasteiger partial charge in [-0.2, -0.15) is 0 Å². The van der Waals surface area contributed by atoms with E-state index in [1.807, 2.05) is 93.4 Å². The number of esters is 2. The quantitative estimate of drug-likeness (QED) is 0.139. The van der Waals surface area contributed by atoms with Crippen molar-refractivity contribution in [2.24, 2.45) is 10.8 Å². The first-order chi connectivity index (χ1) is 28.2. The van der Waals surface area contributed by atoms with Gasteiger partial charge in [0.15, 0.2) is 0 Å². The summed E-state index contributed by atoms with van der Waals surface area (Å²) in [5.41, 5.74) is 1.28. The predicted molar refractivity (Wildman–Crippen MR) is 243 cm³/mol. The number of carboxylic acids is 1. The lowest BCUT2D eigenvalue weighted by Crippen LogP contribution is -2.57. The van der Waals surface area contributed by atoms with E-state index in [1.165, 1.54) is 0 Å². The van der Waals surface area contributed by atoms with E-state index >= 15 is 0 Å². The highest BCUT2D eigenvalue weighted by molar-refractivity contribution is 6.11. The molecular weight excluding hydrogens is 809 g/mol. The monoisotopic (exact) mass is 874 g/mol. The third kappa shape index (κ3) is 10.4. The number of carbonyl (C=O) groups excluding carboxylic acids is 3. The molecule has 2 aliphatic rings. The number of nitrogens with zero attached hydrogens (tertiary/aromatic N) is 2. The molecule has 1 N–H and O–H groups in total. The topological polar surface area (TPSA) is 141 Å². The molecule has 0 amide bonds. The van der Waals surface area contributed by atoms with Crippen LogP contribution >= 0.6 is 0 Å². The Morgan fingerprint density at radius 1 is 0.820 bits per heavy atom. The first kappa shape index (κ1) is 47.5. The molecule has 2 heterocycles. The van der Waals surface area contributed by atoms with Crippen molar-refractivity contribution >= 4 is 44.5 Å². The minimum atomic E-state index is -1.81. The average Bonchev–Trinajstić information content (AvgIpc) is 3.66. The average molecular weight is 875 g/mol. The smallest absolute Gasteiger partial charge is 0.325 e. The zero-order valence-corrected chi connectivity index (χ0v) is 42.7. The van der Waals surface area contributed by atoms with Crippen molar-refractivity contribution in [1.29, 1.82) is 0 Å². The van der Waals surface area contributed by atoms with Crippen LogP contribution in [0.25, 0.3) is 11.1 Å². The van der Waals surface area contributed by atoms with Gasteiger partial charge < -0.3 is 37.9 Å². The van der Waals surface area contributed by atoms with Crippen molar-refractivity contribution in [3.63, 3.8) is 0 Å². The Morgan fingerprint density at radius 3 is 1.92 bits per heavy atom. The van der Waals surface area contributed by atoms with Crippen molar-refractivity contribution in [3.05, 3.63) is 76.3 Å². The number of aliphatic carboxylic acids is 1. The second-order valence-electron chi connectivity index (χ2n) is 20.3. The van der Waals surface area contributed by atoms with Crippen molar-refractivity contribution in [1.82, 2.24) is 9.13 Å². The molecule has 2 aliphatic heterocycles. The Labute approximate surface area is 367 Å². The van der Waals surface area contributed by atoms with E-state index in [1.54, 1.807) is 6.07 Å². The van der Waals surface area contributed by atoms with E-state index in [0.717, 1.165) is 27.8 Å². The third-order valence-corrected chi connectivity index (χ3v) is 14.0. The van der Waals surface area contributed by atoms with Crippen LogP contribution in [-0.2, 0) is 30.5 Å². The number of carboxylic acid groups (broad SMARTS) is 1. The Hall–Kier alpha value is -4.51. The molecule has 14 heteroatoms. The zero-order chi connectivity index (χ0) is 45.5. The van der Waals surface area contributed by atoms with Crippen molar-refractivity contribution in [3.8, 4) is 28.4 Å². The maximum Gasteiger partial charge on any atom is 0.325 e. The summed E-state index contributed by atoms with van der Waals surface area (Å²) in [4.78, 5) is 54.5. The maximum atomic E-state index is 15.0. The Balaban J connectivity index is 1.45. The van der Waals surface area contributed by atoms with Gasteiger partial charge in [0, 0.05) is 17.5 Å². The Kier molecular flexibility index (Phi) is 13.8. The Bertz CT molecular complexity index is 2120. The molecule has 3 aromatic rings. The van der Waals surface area contributed by atoms with Gasteiger partial charge in [-0.15, -0.1) is 0 Å². The molecule has 332 valence electrons. The number of rotatable bonds is 16. The van der Waals surface area contributed by atoms with Crippen LogP contribution < -0.4 is 14.2 Å². The molecule has 3 aromatic carbocycles. The van der Waals surface area contributed by atoms with Gasteiger partial charge in [0.1, 0.15) is 48.1 Å². The van der Waals surface area contributed by atoms with Crippen molar-refractivity contribution in [2.45, 2.75) is 118 Å². The number of aryl methyl sites for hydroxylation is 1. The number of ether oxygens (including phenoxy) is 5. The molecule has 0 bridgehead atoms. The number of Topliss-reactive ketones (excluding diaryl/α,β-unsaturated/α-hetero) is 1. The minimum Gasteiger partial charge on any atom is -0.492 e. The van der Waals surface area contributed by atoms with Gasteiger partial charge in [0.05, 0.1) is 39.4 Å². The number of benzene rings is 3. The fourth-order valence-corrected chi connectivity index (χ4v) is 9.43. The molecule has 0 spiro atoms. The SMILES string of the molecule is Cc1cc2c(c(C)c1-c1cccc(COc3ccc4c(c3)OC[C@H]4CC(=O)O)c1)C(=O)C(COC(=O)C(C)(CC(C)(C)C)N(C)[SiH3])(COC(=O)C(C)(CC(C)(C)C)N(C)[SiH3])O2. The number of carbonyl (C=O) groups is 4. The van der Waals surface area contributed by atoms with E-state index in [0.29, 0.717) is 68.6 Å². The summed E-state index contributed by atoms with van der Waals surface area (Å²) in [7, 11) is 4.98. The van der Waals surface area contributed by atoms with Crippen molar-refractivity contribution in [2.75, 3.05) is 33.9 Å². The standard InChI is InChI=1S/C47H66N2O10Si2/c1-28-18-36-39(29(2)38(28)31-15-13-14-30(19-31)22-55-33-16-17-34-32(20-37(50)51)23-56-35(34)21-33)40(52)47(59-36,26-57-41(53)45(9,48(11)60)24-43(3,4)5)27-58-42(54)46(10,49(12)61)25-44(6,7)8/h13-19,21,32H,20,22-27H2,1-12,60-61H3,(H,50,51)/t32-,45?,46?,47?/m1/s1. The second kappa shape index (κ2) is 17.7. The fourth-order valence-electron chi connectivity index (χ4n) is 8.75. The summed E-state index contributed by atoms with van der Waals surface area (Å²) in [6.07, 6.45) is 1.05. The molecule has 5 rings (SSSR count). The highest BCUT2D eigenvalue weighted by Gasteiger charge is 2.54. The van der Waals surface area contributed by atoms with Crippen LogP contribution in [0.1, 0.15) is 113 Å². The number of fused-ring (bicyclic) bond motifs is 2. The minimum absolute atomic E-state index is 0.00525. The number of likely N-dealkylation sites (N-methyl/N-ethyl adjacent to an activating group) is 2. The zero-order valence-electron chi connectivity index (χ0n) is 38.7. The van der Waals surface area contributed by atoms with Gasteiger partial charge >= 0.3 is 17.9 Å². The van der Waals surface area contributed by atoms with Gasteiger partial charge in [0.2, 0.25) is 11.4 Å². The number of ketones is 1. The molecule has 0 aliphatic carbocycles. The van der Waals surface area contributed by atoms with Crippen LogP contribution in [0, 0.1) is 24.7 Å². The van der Waals surface area contributed by atoms with E-state index in [9.17, 15) is 24.3 Å². The van der Waals surface area contributed by atoms with Crippen LogP contribution in [0.15, 0.2) is 48.5 Å².